The van der Waals surface area contributed by atoms with E-state index in [4.69, 9.17) is 0 Å². The van der Waals surface area contributed by atoms with Gasteiger partial charge in [-0.2, -0.15) is 5.10 Å². The Balaban J connectivity index is 1.62. The maximum absolute atomic E-state index is 13.7. The number of hydrogen-bond donors (Lipinski definition) is 2. The summed E-state index contributed by atoms with van der Waals surface area (Å²) in [6.45, 7) is 0.525. The standard InChI is InChI=1S/C14H15F2N5OS/c1-23-13-10(15)4-9(5-11(13)16)20-14(22)19-8-2-3-12-17-7-18-21(12)6-8/h4-5,7-8H,2-3,6H2,1H3,(H2,19,20,22)/t8-/m0/s1. The summed E-state index contributed by atoms with van der Waals surface area (Å²) < 4.78 is 29.1. The molecule has 0 spiro atoms. The fourth-order valence-electron chi connectivity index (χ4n) is 2.54. The van der Waals surface area contributed by atoms with Gasteiger partial charge in [0.05, 0.1) is 17.5 Å². The van der Waals surface area contributed by atoms with Crippen molar-refractivity contribution in [3.05, 3.63) is 35.9 Å². The van der Waals surface area contributed by atoms with Crippen molar-refractivity contribution >= 4 is 23.5 Å². The average molecular weight is 339 g/mol. The number of anilines is 1. The molecule has 2 aromatic rings. The lowest BCUT2D eigenvalue weighted by Crippen LogP contribution is -2.43. The molecule has 3 rings (SSSR count). The fourth-order valence-corrected chi connectivity index (χ4v) is 3.04. The minimum atomic E-state index is -0.697. The van der Waals surface area contributed by atoms with E-state index in [1.165, 1.54) is 6.33 Å². The number of hydrogen-bond acceptors (Lipinski definition) is 4. The van der Waals surface area contributed by atoms with E-state index in [-0.39, 0.29) is 16.6 Å². The summed E-state index contributed by atoms with van der Waals surface area (Å²) in [5.41, 5.74) is 0.0764. The van der Waals surface area contributed by atoms with Gasteiger partial charge < -0.3 is 10.6 Å². The molecule has 1 atom stereocenters. The molecule has 1 aliphatic rings. The molecule has 2 N–H and O–H groups in total. The first kappa shape index (κ1) is 15.7. The van der Waals surface area contributed by atoms with Gasteiger partial charge in [-0.15, -0.1) is 11.8 Å². The molecule has 0 saturated heterocycles. The SMILES string of the molecule is CSc1c(F)cc(NC(=O)N[C@H]2CCc3ncnn3C2)cc1F. The molecule has 23 heavy (non-hydrogen) atoms. The fraction of sp³-hybridized carbons (Fsp3) is 0.357. The van der Waals surface area contributed by atoms with Gasteiger partial charge in [-0.05, 0) is 24.8 Å². The lowest BCUT2D eigenvalue weighted by atomic mass is 10.1. The maximum atomic E-state index is 13.7. The van der Waals surface area contributed by atoms with Crippen molar-refractivity contribution in [3.63, 3.8) is 0 Å². The number of carbonyl (C=O) groups is 1. The molecular formula is C14H15F2N5OS. The van der Waals surface area contributed by atoms with Crippen molar-refractivity contribution in [2.75, 3.05) is 11.6 Å². The first-order valence-corrected chi connectivity index (χ1v) is 8.26. The van der Waals surface area contributed by atoms with Crippen molar-refractivity contribution in [2.45, 2.75) is 30.3 Å². The van der Waals surface area contributed by atoms with E-state index >= 15 is 0 Å². The molecule has 1 aliphatic heterocycles. The number of aryl methyl sites for hydroxylation is 1. The van der Waals surface area contributed by atoms with E-state index in [1.807, 2.05) is 0 Å². The van der Waals surface area contributed by atoms with Gasteiger partial charge in [0, 0.05) is 12.1 Å². The second kappa shape index (κ2) is 6.53. The van der Waals surface area contributed by atoms with Crippen LogP contribution in [0.1, 0.15) is 12.2 Å². The Hall–Kier alpha value is -2.16. The number of rotatable bonds is 3. The van der Waals surface area contributed by atoms with Gasteiger partial charge in [0.25, 0.3) is 0 Å². The lowest BCUT2D eigenvalue weighted by molar-refractivity contribution is 0.243. The van der Waals surface area contributed by atoms with Crippen LogP contribution in [-0.4, -0.2) is 33.1 Å². The van der Waals surface area contributed by atoms with Gasteiger partial charge in [-0.25, -0.2) is 23.2 Å². The topological polar surface area (TPSA) is 71.8 Å². The second-order valence-electron chi connectivity index (χ2n) is 5.17. The Labute approximate surface area is 135 Å². The number of amides is 2. The average Bonchev–Trinajstić information content (AvgIpc) is 2.94. The third kappa shape index (κ3) is 3.44. The molecule has 2 heterocycles. The summed E-state index contributed by atoms with van der Waals surface area (Å²) in [7, 11) is 0. The van der Waals surface area contributed by atoms with Gasteiger partial charge in [0.1, 0.15) is 23.8 Å². The number of nitrogens with one attached hydrogen (secondary N) is 2. The van der Waals surface area contributed by atoms with Crippen LogP contribution in [0, 0.1) is 11.6 Å². The van der Waals surface area contributed by atoms with Crippen LogP contribution in [0.25, 0.3) is 0 Å². The van der Waals surface area contributed by atoms with Gasteiger partial charge in [-0.3, -0.25) is 0 Å². The van der Waals surface area contributed by atoms with E-state index in [9.17, 15) is 13.6 Å². The highest BCUT2D eigenvalue weighted by Gasteiger charge is 2.21. The van der Waals surface area contributed by atoms with E-state index in [1.54, 1.807) is 10.9 Å². The van der Waals surface area contributed by atoms with Crippen LogP contribution in [-0.2, 0) is 13.0 Å². The third-order valence-corrected chi connectivity index (χ3v) is 4.40. The predicted octanol–water partition coefficient (Wildman–Crippen LogP) is 2.41. The zero-order valence-corrected chi connectivity index (χ0v) is 13.2. The number of thioether (sulfide) groups is 1. The molecule has 0 bridgehead atoms. The van der Waals surface area contributed by atoms with Gasteiger partial charge in [0.2, 0.25) is 0 Å². The summed E-state index contributed by atoms with van der Waals surface area (Å²) in [4.78, 5) is 16.0. The highest BCUT2D eigenvalue weighted by molar-refractivity contribution is 7.98. The minimum Gasteiger partial charge on any atom is -0.333 e. The molecule has 1 aromatic heterocycles. The molecule has 0 radical (unpaired) electrons. The van der Waals surface area contributed by atoms with E-state index in [0.29, 0.717) is 6.54 Å². The highest BCUT2D eigenvalue weighted by Crippen LogP contribution is 2.26. The second-order valence-corrected chi connectivity index (χ2v) is 5.98. The minimum absolute atomic E-state index is 0.0676. The van der Waals surface area contributed by atoms with Crippen LogP contribution in [0.5, 0.6) is 0 Å². The molecule has 0 saturated carbocycles. The highest BCUT2D eigenvalue weighted by atomic mass is 32.2. The molecule has 0 fully saturated rings. The van der Waals surface area contributed by atoms with Gasteiger partial charge >= 0.3 is 6.03 Å². The first-order valence-electron chi connectivity index (χ1n) is 7.04. The summed E-state index contributed by atoms with van der Waals surface area (Å²) in [6.07, 6.45) is 4.52. The smallest absolute Gasteiger partial charge is 0.319 e. The number of urea groups is 1. The maximum Gasteiger partial charge on any atom is 0.319 e. The van der Waals surface area contributed by atoms with Crippen LogP contribution in [0.2, 0.25) is 0 Å². The Morgan fingerprint density at radius 2 is 2.13 bits per heavy atom. The first-order chi connectivity index (χ1) is 11.1. The number of halogens is 2. The van der Waals surface area contributed by atoms with Crippen LogP contribution < -0.4 is 10.6 Å². The molecule has 122 valence electrons. The largest absolute Gasteiger partial charge is 0.333 e. The Morgan fingerprint density at radius 1 is 1.39 bits per heavy atom. The van der Waals surface area contributed by atoms with Crippen molar-refractivity contribution in [1.29, 1.82) is 0 Å². The number of benzene rings is 1. The van der Waals surface area contributed by atoms with Crippen LogP contribution in [0.4, 0.5) is 19.3 Å². The predicted molar refractivity (Wildman–Crippen MR) is 82.4 cm³/mol. The number of aromatic nitrogens is 3. The van der Waals surface area contributed by atoms with Crippen LogP contribution >= 0.6 is 11.8 Å². The van der Waals surface area contributed by atoms with Crippen molar-refractivity contribution < 1.29 is 13.6 Å². The van der Waals surface area contributed by atoms with Crippen molar-refractivity contribution in [3.8, 4) is 0 Å². The summed E-state index contributed by atoms with van der Waals surface area (Å²) >= 11 is 0.978. The quantitative estimate of drug-likeness (QED) is 0.843. The lowest BCUT2D eigenvalue weighted by Gasteiger charge is -2.23. The van der Waals surface area contributed by atoms with E-state index in [2.05, 4.69) is 20.7 Å². The van der Waals surface area contributed by atoms with Crippen LogP contribution in [0.3, 0.4) is 0 Å². The Morgan fingerprint density at radius 3 is 2.83 bits per heavy atom. The summed E-state index contributed by atoms with van der Waals surface area (Å²) in [5, 5.41) is 9.31. The summed E-state index contributed by atoms with van der Waals surface area (Å²) in [5.74, 6) is -0.504. The molecular weight excluding hydrogens is 324 g/mol. The molecule has 9 heteroatoms. The van der Waals surface area contributed by atoms with Crippen molar-refractivity contribution in [1.82, 2.24) is 20.1 Å². The van der Waals surface area contributed by atoms with Gasteiger partial charge in [0.15, 0.2) is 0 Å². The third-order valence-electron chi connectivity index (χ3n) is 3.60. The van der Waals surface area contributed by atoms with Crippen LogP contribution in [0.15, 0.2) is 23.4 Å². The molecule has 1 aromatic carbocycles. The monoisotopic (exact) mass is 339 g/mol. The number of carbonyl (C=O) groups excluding carboxylic acids is 1. The molecule has 6 nitrogen and oxygen atoms in total. The van der Waals surface area contributed by atoms with Gasteiger partial charge in [-0.1, -0.05) is 0 Å². The zero-order chi connectivity index (χ0) is 16.4. The van der Waals surface area contributed by atoms with E-state index in [0.717, 1.165) is 42.6 Å². The Bertz CT molecular complexity index is 713. The Kier molecular flexibility index (Phi) is 4.46. The molecule has 2 amide bonds. The number of fused-ring (bicyclic) bond motifs is 1. The van der Waals surface area contributed by atoms with Crippen molar-refractivity contribution in [2.24, 2.45) is 0 Å². The number of nitrogens with zero attached hydrogens (tertiary/aromatic N) is 3. The zero-order valence-electron chi connectivity index (χ0n) is 12.3. The normalized spacial score (nSPS) is 16.7. The molecule has 0 unspecified atom stereocenters. The van der Waals surface area contributed by atoms with E-state index < -0.39 is 17.7 Å². The summed E-state index contributed by atoms with van der Waals surface area (Å²) in [6, 6.07) is 1.59. The molecule has 0 aliphatic carbocycles.